The van der Waals surface area contributed by atoms with E-state index in [0.29, 0.717) is 36.4 Å². The van der Waals surface area contributed by atoms with Crippen molar-refractivity contribution in [2.45, 2.75) is 72.7 Å². The molecular weight excluding hydrogens is 1320 g/mol. The van der Waals surface area contributed by atoms with Crippen LogP contribution in [0.2, 0.25) is 0 Å². The zero-order chi connectivity index (χ0) is 69.1. The standard InChI is InChI=1S/C49H42N14O24S4.C2H6/c1-18(2)63(47-54-46(57-49(75)58-47)52-31-16-29(89(79,80)81)12-22-14-33(91(85,86)87)37(39(65)35(22)31)62-60-27-9-24(42(70)71)7-25(10-27)43(72)73)17-19(3)50-44-53-45(56-48(74)55-44)51-30-15-28(88(76,77)78)11-21-13-32(90(82,83)84)36(38(64)34(21)30)61-59-26-5-4-20(40(66)67)6-23(8-26)41(68)69;1-2/h4,6-16,18-19,64-65H,5,17H2,1-3H3,(H,66,67)(H,68,69)(H,70,71)(H,72,73)(H,76,77,78)(H,79,80,81)(H,82,83,84)(H,85,86,87)(H2,52,54,57,58,75)(H3,50,51,53,55,56,74);1-2H3. The molecular formula is C51H48N14O24S4. The van der Waals surface area contributed by atoms with Crippen molar-refractivity contribution in [3.63, 3.8) is 0 Å². The molecule has 0 spiro atoms. The molecule has 15 N–H and O–H groups in total. The number of allylic oxidation sites excluding steroid dienone is 1. The van der Waals surface area contributed by atoms with Gasteiger partial charge in [-0.2, -0.15) is 63.8 Å². The van der Waals surface area contributed by atoms with Gasteiger partial charge in [0.1, 0.15) is 21.2 Å². The summed E-state index contributed by atoms with van der Waals surface area (Å²) < 4.78 is 142. The highest BCUT2D eigenvalue weighted by Gasteiger charge is 2.30. The summed E-state index contributed by atoms with van der Waals surface area (Å²) in [4.78, 5) is 91.1. The van der Waals surface area contributed by atoms with E-state index in [4.69, 9.17) is 0 Å². The molecule has 38 nitrogen and oxygen atoms in total. The van der Waals surface area contributed by atoms with Gasteiger partial charge in [0.05, 0.1) is 54.8 Å². The number of aromatic amines is 2. The van der Waals surface area contributed by atoms with Crippen LogP contribution in [-0.2, 0) is 50.1 Å². The minimum atomic E-state index is -5.45. The van der Waals surface area contributed by atoms with Crippen LogP contribution >= 0.6 is 0 Å². The zero-order valence-corrected chi connectivity index (χ0v) is 51.1. The Morgan fingerprint density at radius 2 is 1.03 bits per heavy atom. The second kappa shape index (κ2) is 26.8. The molecule has 1 aliphatic rings. The molecule has 0 saturated carbocycles. The molecule has 0 aliphatic heterocycles. The lowest BCUT2D eigenvalue weighted by Gasteiger charge is -2.29. The van der Waals surface area contributed by atoms with Crippen LogP contribution in [0, 0.1) is 0 Å². The number of carboxylic acid groups (broad SMARTS) is 4. The van der Waals surface area contributed by atoms with E-state index in [-0.39, 0.29) is 12.2 Å². The Hall–Kier alpha value is -11.0. The third-order valence-corrected chi connectivity index (χ3v) is 15.9. The maximum absolute atomic E-state index is 13.3. The van der Waals surface area contributed by atoms with Crippen molar-refractivity contribution in [1.82, 2.24) is 29.9 Å². The number of nitrogens with one attached hydrogen (secondary N) is 5. The van der Waals surface area contributed by atoms with Crippen LogP contribution in [0.4, 0.5) is 52.2 Å². The van der Waals surface area contributed by atoms with Crippen LogP contribution in [0.5, 0.6) is 11.5 Å². The predicted molar refractivity (Wildman–Crippen MR) is 322 cm³/mol. The summed E-state index contributed by atoms with van der Waals surface area (Å²) in [6.07, 6.45) is 2.29. The van der Waals surface area contributed by atoms with Crippen LogP contribution in [0.25, 0.3) is 21.5 Å². The molecule has 8 rings (SSSR count). The number of azo groups is 2. The van der Waals surface area contributed by atoms with Gasteiger partial charge in [-0.05, 0) is 98.3 Å². The van der Waals surface area contributed by atoms with Gasteiger partial charge < -0.3 is 51.5 Å². The summed E-state index contributed by atoms with van der Waals surface area (Å²) in [6, 6.07) is 4.74. The number of hydrogen-bond acceptors (Lipinski definition) is 28. The molecule has 490 valence electrons. The lowest BCUT2D eigenvalue weighted by Crippen LogP contribution is -2.42. The third kappa shape index (κ3) is 16.3. The van der Waals surface area contributed by atoms with Crippen LogP contribution in [0.1, 0.15) is 61.8 Å². The summed E-state index contributed by atoms with van der Waals surface area (Å²) in [5, 5.41) is 82.2. The van der Waals surface area contributed by atoms with Gasteiger partial charge in [-0.1, -0.05) is 19.9 Å². The lowest BCUT2D eigenvalue weighted by molar-refractivity contribution is -0.132. The molecule has 1 atom stereocenters. The first kappa shape index (κ1) is 69.5. The Bertz CT molecular complexity index is 5060. The molecule has 0 saturated heterocycles. The Kier molecular flexibility index (Phi) is 20.0. The molecule has 0 amide bonds. The van der Waals surface area contributed by atoms with E-state index in [2.05, 4.69) is 66.3 Å². The van der Waals surface area contributed by atoms with Gasteiger partial charge in [-0.3, -0.25) is 28.2 Å². The summed E-state index contributed by atoms with van der Waals surface area (Å²) >= 11 is 0. The minimum Gasteiger partial charge on any atom is -0.505 e. The zero-order valence-electron chi connectivity index (χ0n) is 47.8. The van der Waals surface area contributed by atoms with Gasteiger partial charge in [0, 0.05) is 35.8 Å². The molecule has 2 aromatic heterocycles. The minimum absolute atomic E-state index is 0.234. The molecule has 0 bridgehead atoms. The van der Waals surface area contributed by atoms with Gasteiger partial charge >= 0.3 is 35.3 Å². The average molecular weight is 1370 g/mol. The van der Waals surface area contributed by atoms with Gasteiger partial charge in [0.25, 0.3) is 40.5 Å². The number of carboxylic acids is 4. The number of nitrogens with zero attached hydrogens (tertiary/aromatic N) is 9. The number of anilines is 6. The summed E-state index contributed by atoms with van der Waals surface area (Å²) in [5.41, 5.74) is -8.71. The van der Waals surface area contributed by atoms with Crippen LogP contribution in [0.15, 0.2) is 139 Å². The molecule has 0 radical (unpaired) electrons. The largest absolute Gasteiger partial charge is 0.505 e. The maximum Gasteiger partial charge on any atom is 0.351 e. The summed E-state index contributed by atoms with van der Waals surface area (Å²) in [7, 11) is -21.3. The van der Waals surface area contributed by atoms with Crippen LogP contribution in [0.3, 0.4) is 0 Å². The smallest absolute Gasteiger partial charge is 0.351 e. The van der Waals surface area contributed by atoms with E-state index in [1.807, 2.05) is 13.8 Å². The van der Waals surface area contributed by atoms with E-state index >= 15 is 0 Å². The SMILES string of the molecule is CC.CC(CN(c1nc(Nc2cc(S(=O)(=O)O)cc3cc(S(=O)(=O)O)c(N=Nc4cc(C(=O)O)cc(C(=O)O)c4)c(O)c23)[nH]c(=O)n1)C(C)C)Nc1nc(Nc2cc(S(=O)(=O)O)cc3cc(S(=O)(=O)O)c(N=NC4=CC(C(=O)O)=CC(C(=O)O)=CC4)c(O)c23)[nH]c(=O)n1. The van der Waals surface area contributed by atoms with Crippen molar-refractivity contribution in [3.8, 4) is 11.5 Å². The fourth-order valence-corrected chi connectivity index (χ4v) is 11.0. The Morgan fingerprint density at radius 3 is 1.47 bits per heavy atom. The van der Waals surface area contributed by atoms with Crippen molar-refractivity contribution in [1.29, 1.82) is 0 Å². The van der Waals surface area contributed by atoms with Gasteiger partial charge in [-0.15, -0.1) is 10.2 Å². The van der Waals surface area contributed by atoms with E-state index in [0.717, 1.165) is 36.4 Å². The number of fused-ring (bicyclic) bond motifs is 2. The van der Waals surface area contributed by atoms with Gasteiger partial charge in [-0.25, -0.2) is 28.8 Å². The molecule has 5 aromatic carbocycles. The number of benzene rings is 5. The van der Waals surface area contributed by atoms with E-state index in [1.165, 1.54) is 11.8 Å². The number of aromatic nitrogens is 6. The number of phenols is 2. The average Bonchev–Trinajstić information content (AvgIpc) is 0.915. The predicted octanol–water partition coefficient (Wildman–Crippen LogP) is 5.78. The topological polar surface area (TPSA) is 613 Å². The monoisotopic (exact) mass is 1370 g/mol. The van der Waals surface area contributed by atoms with Crippen molar-refractivity contribution in [2.75, 3.05) is 27.4 Å². The number of hydrogen-bond donors (Lipinski definition) is 15. The highest BCUT2D eigenvalue weighted by atomic mass is 32.2. The lowest BCUT2D eigenvalue weighted by atomic mass is 10.1. The molecule has 7 aromatic rings. The van der Waals surface area contributed by atoms with Crippen LogP contribution in [-0.4, -0.2) is 155 Å². The fraction of sp³-hybridized carbons (Fsp3) is 0.176. The first-order valence-corrected chi connectivity index (χ1v) is 31.7. The highest BCUT2D eigenvalue weighted by molar-refractivity contribution is 7.86. The fourth-order valence-electron chi connectivity index (χ4n) is 8.61. The van der Waals surface area contributed by atoms with Crippen molar-refractivity contribution < 1.29 is 102 Å². The molecule has 93 heavy (non-hydrogen) atoms. The molecule has 42 heteroatoms. The first-order chi connectivity index (χ1) is 43.2. The van der Waals surface area contributed by atoms with E-state index in [1.54, 1.807) is 13.8 Å². The number of aromatic hydroxyl groups is 2. The van der Waals surface area contributed by atoms with Crippen molar-refractivity contribution >= 4 is 138 Å². The molecule has 2 heterocycles. The maximum atomic E-state index is 13.3. The number of aromatic carboxylic acids is 2. The highest BCUT2D eigenvalue weighted by Crippen LogP contribution is 2.47. The van der Waals surface area contributed by atoms with Crippen LogP contribution < -0.4 is 32.2 Å². The summed E-state index contributed by atoms with van der Waals surface area (Å²) in [5.74, 6) is -10.8. The second-order valence-electron chi connectivity index (χ2n) is 19.3. The molecule has 1 unspecified atom stereocenters. The number of aliphatic carboxylic acids is 2. The third-order valence-electron chi connectivity index (χ3n) is 12.5. The van der Waals surface area contributed by atoms with Gasteiger partial charge in [0.2, 0.25) is 23.8 Å². The van der Waals surface area contributed by atoms with Gasteiger partial charge in [0.15, 0.2) is 11.5 Å². The number of H-pyrrole nitrogens is 2. The Morgan fingerprint density at radius 1 is 0.570 bits per heavy atom. The quantitative estimate of drug-likeness (QED) is 0.0282. The Labute approximate surface area is 521 Å². The number of carbonyl (C=O) groups is 4. The van der Waals surface area contributed by atoms with E-state index < -0.39 is 221 Å². The Balaban J connectivity index is 0.00000607. The molecule has 0 fully saturated rings. The number of rotatable bonds is 22. The molecule has 1 aliphatic carbocycles. The first-order valence-electron chi connectivity index (χ1n) is 25.9. The van der Waals surface area contributed by atoms with Crippen molar-refractivity contribution in [2.24, 2.45) is 20.5 Å². The van der Waals surface area contributed by atoms with E-state index in [9.17, 15) is 111 Å². The number of phenolic OH excluding ortho intramolecular Hbond substituents is 2. The second-order valence-corrected chi connectivity index (χ2v) is 25.0. The van der Waals surface area contributed by atoms with Crippen molar-refractivity contribution in [3.05, 3.63) is 122 Å². The summed E-state index contributed by atoms with van der Waals surface area (Å²) in [6.45, 7) is 8.46. The normalized spacial score (nSPS) is 13.4.